The summed E-state index contributed by atoms with van der Waals surface area (Å²) in [6.07, 6.45) is 0.772. The molecule has 8 heteroatoms. The maximum Gasteiger partial charge on any atom is 0.346 e. The predicted molar refractivity (Wildman–Crippen MR) is 93.6 cm³/mol. The van der Waals surface area contributed by atoms with Gasteiger partial charge < -0.3 is 10.4 Å². The summed E-state index contributed by atoms with van der Waals surface area (Å²) in [5.74, 6) is 0.148. The normalized spacial score (nSPS) is 10.6. The van der Waals surface area contributed by atoms with Crippen molar-refractivity contribution >= 4 is 23.2 Å². The van der Waals surface area contributed by atoms with Gasteiger partial charge in [0.2, 0.25) is 0 Å². The SMILES string of the molecule is CCc1nc(-c2ccc(C(=O)NCc3ccsc3C(=O)O)cc2)n[nH]1. The second-order valence-electron chi connectivity index (χ2n) is 5.30. The minimum atomic E-state index is -0.985. The summed E-state index contributed by atoms with van der Waals surface area (Å²) in [5, 5.41) is 20.5. The number of aromatic carboxylic acids is 1. The number of rotatable bonds is 6. The van der Waals surface area contributed by atoms with Crippen LogP contribution in [0, 0.1) is 0 Å². The van der Waals surface area contributed by atoms with E-state index in [9.17, 15) is 9.59 Å². The number of carbonyl (C=O) groups excluding carboxylic acids is 1. The molecular formula is C17H16N4O3S. The number of amides is 1. The molecule has 1 amide bonds. The van der Waals surface area contributed by atoms with E-state index in [0.29, 0.717) is 17.0 Å². The van der Waals surface area contributed by atoms with Crippen molar-refractivity contribution in [1.29, 1.82) is 0 Å². The molecule has 0 saturated carbocycles. The zero-order chi connectivity index (χ0) is 17.8. The fraction of sp³-hybridized carbons (Fsp3) is 0.176. The van der Waals surface area contributed by atoms with Crippen LogP contribution < -0.4 is 5.32 Å². The van der Waals surface area contributed by atoms with Crippen LogP contribution in [0.4, 0.5) is 0 Å². The molecule has 0 aliphatic carbocycles. The van der Waals surface area contributed by atoms with Crippen LogP contribution in [0.3, 0.4) is 0 Å². The number of carboxylic acids is 1. The van der Waals surface area contributed by atoms with Gasteiger partial charge in [-0.1, -0.05) is 19.1 Å². The molecule has 2 heterocycles. The van der Waals surface area contributed by atoms with Crippen molar-refractivity contribution in [2.24, 2.45) is 0 Å². The van der Waals surface area contributed by atoms with E-state index in [1.165, 1.54) is 0 Å². The number of hydrogen-bond acceptors (Lipinski definition) is 5. The Morgan fingerprint density at radius 3 is 2.64 bits per heavy atom. The first kappa shape index (κ1) is 16.8. The molecule has 7 nitrogen and oxygen atoms in total. The van der Waals surface area contributed by atoms with Crippen molar-refractivity contribution in [3.05, 3.63) is 57.5 Å². The lowest BCUT2D eigenvalue weighted by molar-refractivity contribution is 0.0700. The molecule has 0 aliphatic heterocycles. The third-order valence-corrected chi connectivity index (χ3v) is 4.60. The van der Waals surface area contributed by atoms with Crippen molar-refractivity contribution in [3.63, 3.8) is 0 Å². The predicted octanol–water partition coefficient (Wildman–Crippen LogP) is 2.72. The summed E-state index contributed by atoms with van der Waals surface area (Å²) < 4.78 is 0. The van der Waals surface area contributed by atoms with E-state index in [0.717, 1.165) is 29.1 Å². The molecule has 1 aromatic carbocycles. The number of nitrogens with one attached hydrogen (secondary N) is 2. The number of carboxylic acid groups (broad SMARTS) is 1. The van der Waals surface area contributed by atoms with E-state index in [2.05, 4.69) is 20.5 Å². The highest BCUT2D eigenvalue weighted by Crippen LogP contribution is 2.18. The van der Waals surface area contributed by atoms with Gasteiger partial charge in [-0.25, -0.2) is 9.78 Å². The number of thiophene rings is 1. The number of H-pyrrole nitrogens is 1. The summed E-state index contributed by atoms with van der Waals surface area (Å²) in [4.78, 5) is 27.9. The highest BCUT2D eigenvalue weighted by Gasteiger charge is 2.13. The number of aromatic nitrogens is 3. The zero-order valence-electron chi connectivity index (χ0n) is 13.4. The molecule has 3 N–H and O–H groups in total. The Hall–Kier alpha value is -3.00. The molecule has 25 heavy (non-hydrogen) atoms. The van der Waals surface area contributed by atoms with Gasteiger partial charge in [-0.05, 0) is 29.1 Å². The summed E-state index contributed by atoms with van der Waals surface area (Å²) >= 11 is 1.14. The molecule has 128 valence electrons. The average Bonchev–Trinajstić information content (AvgIpc) is 3.29. The zero-order valence-corrected chi connectivity index (χ0v) is 14.3. The number of aromatic amines is 1. The van der Waals surface area contributed by atoms with Crippen LogP contribution in [0.2, 0.25) is 0 Å². The fourth-order valence-corrected chi connectivity index (χ4v) is 3.05. The van der Waals surface area contributed by atoms with Crippen LogP contribution in [0.15, 0.2) is 35.7 Å². The third-order valence-electron chi connectivity index (χ3n) is 3.65. The molecule has 3 rings (SSSR count). The molecule has 0 atom stereocenters. The van der Waals surface area contributed by atoms with Gasteiger partial charge in [-0.3, -0.25) is 9.89 Å². The number of aryl methyl sites for hydroxylation is 1. The molecule has 3 aromatic rings. The Morgan fingerprint density at radius 2 is 2.00 bits per heavy atom. The van der Waals surface area contributed by atoms with E-state index < -0.39 is 5.97 Å². The third kappa shape index (κ3) is 3.74. The molecule has 0 saturated heterocycles. The summed E-state index contributed by atoms with van der Waals surface area (Å²) in [5.41, 5.74) is 1.90. The van der Waals surface area contributed by atoms with Crippen LogP contribution in [0.25, 0.3) is 11.4 Å². The first-order valence-corrected chi connectivity index (χ1v) is 8.56. The Balaban J connectivity index is 1.66. The quantitative estimate of drug-likeness (QED) is 0.629. The van der Waals surface area contributed by atoms with Crippen molar-refractivity contribution in [3.8, 4) is 11.4 Å². The monoisotopic (exact) mass is 356 g/mol. The first-order chi connectivity index (χ1) is 12.1. The van der Waals surface area contributed by atoms with Crippen molar-refractivity contribution in [2.45, 2.75) is 19.9 Å². The van der Waals surface area contributed by atoms with Crippen LogP contribution in [0.1, 0.15) is 38.3 Å². The van der Waals surface area contributed by atoms with Crippen LogP contribution >= 0.6 is 11.3 Å². The van der Waals surface area contributed by atoms with Gasteiger partial charge >= 0.3 is 5.97 Å². The number of carbonyl (C=O) groups is 2. The summed E-state index contributed by atoms with van der Waals surface area (Å²) in [7, 11) is 0. The molecule has 0 aliphatic rings. The Labute approximate surface area is 147 Å². The van der Waals surface area contributed by atoms with Gasteiger partial charge in [0.15, 0.2) is 5.82 Å². The van der Waals surface area contributed by atoms with Gasteiger partial charge in [0.25, 0.3) is 5.91 Å². The van der Waals surface area contributed by atoms with Gasteiger partial charge in [0.05, 0.1) is 0 Å². The van der Waals surface area contributed by atoms with E-state index in [1.807, 2.05) is 6.92 Å². The average molecular weight is 356 g/mol. The smallest absolute Gasteiger partial charge is 0.346 e. The molecule has 0 unspecified atom stereocenters. The Kier molecular flexibility index (Phi) is 4.90. The number of nitrogens with zero attached hydrogens (tertiary/aromatic N) is 2. The lowest BCUT2D eigenvalue weighted by atomic mass is 10.1. The van der Waals surface area contributed by atoms with Crippen molar-refractivity contribution in [1.82, 2.24) is 20.5 Å². The Morgan fingerprint density at radius 1 is 1.24 bits per heavy atom. The van der Waals surface area contributed by atoms with E-state index >= 15 is 0 Å². The molecular weight excluding hydrogens is 340 g/mol. The fourth-order valence-electron chi connectivity index (χ4n) is 2.29. The summed E-state index contributed by atoms with van der Waals surface area (Å²) in [6, 6.07) is 8.65. The van der Waals surface area contributed by atoms with E-state index in [-0.39, 0.29) is 17.3 Å². The summed E-state index contributed by atoms with van der Waals surface area (Å²) in [6.45, 7) is 2.16. The van der Waals surface area contributed by atoms with Gasteiger partial charge in [0, 0.05) is 24.1 Å². The lowest BCUT2D eigenvalue weighted by Gasteiger charge is -2.05. The molecule has 0 fully saturated rings. The second kappa shape index (κ2) is 7.27. The molecule has 0 radical (unpaired) electrons. The van der Waals surface area contributed by atoms with Crippen LogP contribution in [-0.4, -0.2) is 32.2 Å². The topological polar surface area (TPSA) is 108 Å². The maximum atomic E-state index is 12.2. The molecule has 0 spiro atoms. The van der Waals surface area contributed by atoms with Gasteiger partial charge in [0.1, 0.15) is 10.7 Å². The van der Waals surface area contributed by atoms with Gasteiger partial charge in [-0.2, -0.15) is 5.10 Å². The minimum absolute atomic E-state index is 0.173. The number of benzene rings is 1. The molecule has 0 bridgehead atoms. The maximum absolute atomic E-state index is 12.2. The van der Waals surface area contributed by atoms with Crippen LogP contribution in [-0.2, 0) is 13.0 Å². The van der Waals surface area contributed by atoms with Crippen LogP contribution in [0.5, 0.6) is 0 Å². The standard InChI is InChI=1S/C17H16N4O3S/c1-2-13-19-15(21-20-13)10-3-5-11(6-4-10)16(22)18-9-12-7-8-25-14(12)17(23)24/h3-8H,2,9H2,1H3,(H,18,22)(H,23,24)(H,19,20,21). The van der Waals surface area contributed by atoms with E-state index in [4.69, 9.17) is 5.11 Å². The first-order valence-electron chi connectivity index (χ1n) is 7.68. The van der Waals surface area contributed by atoms with Crippen molar-refractivity contribution in [2.75, 3.05) is 0 Å². The Bertz CT molecular complexity index is 899. The molecule has 2 aromatic heterocycles. The second-order valence-corrected chi connectivity index (χ2v) is 6.22. The minimum Gasteiger partial charge on any atom is -0.477 e. The number of hydrogen-bond donors (Lipinski definition) is 3. The highest BCUT2D eigenvalue weighted by atomic mass is 32.1. The van der Waals surface area contributed by atoms with Gasteiger partial charge in [-0.15, -0.1) is 11.3 Å². The van der Waals surface area contributed by atoms with E-state index in [1.54, 1.807) is 35.7 Å². The van der Waals surface area contributed by atoms with Crippen molar-refractivity contribution < 1.29 is 14.7 Å². The lowest BCUT2D eigenvalue weighted by Crippen LogP contribution is -2.23. The largest absolute Gasteiger partial charge is 0.477 e. The highest BCUT2D eigenvalue weighted by molar-refractivity contribution is 7.12.